The van der Waals surface area contributed by atoms with Crippen molar-refractivity contribution in [3.05, 3.63) is 29.8 Å². The van der Waals surface area contributed by atoms with Gasteiger partial charge in [-0.15, -0.1) is 13.2 Å². The Morgan fingerprint density at radius 3 is 2.63 bits per heavy atom. The lowest BCUT2D eigenvalue weighted by molar-refractivity contribution is -0.274. The molecule has 0 bridgehead atoms. The fourth-order valence-corrected chi connectivity index (χ4v) is 4.55. The van der Waals surface area contributed by atoms with Gasteiger partial charge in [0, 0.05) is 19.1 Å². The molecule has 3 nitrogen and oxygen atoms in total. The Bertz CT molecular complexity index is 621. The zero-order valence-corrected chi connectivity index (χ0v) is 19.0. The second kappa shape index (κ2) is 11.9. The molecule has 2 rings (SSSR count). The lowest BCUT2D eigenvalue weighted by atomic mass is 9.83. The lowest BCUT2D eigenvalue weighted by Crippen LogP contribution is -2.46. The van der Waals surface area contributed by atoms with E-state index in [0.29, 0.717) is 12.0 Å². The van der Waals surface area contributed by atoms with Crippen LogP contribution in [-0.4, -0.2) is 55.9 Å². The SMILES string of the molecule is CCCCCCC(C)C(CN1CCCC(N(C)C)C1)c1cccc(OC(F)(F)F)c1. The Morgan fingerprint density at radius 1 is 1.20 bits per heavy atom. The molecule has 0 radical (unpaired) electrons. The molecule has 0 amide bonds. The molecule has 0 spiro atoms. The number of hydrogen-bond acceptors (Lipinski definition) is 3. The van der Waals surface area contributed by atoms with E-state index in [9.17, 15) is 13.2 Å². The first-order chi connectivity index (χ1) is 14.2. The van der Waals surface area contributed by atoms with Gasteiger partial charge in [-0.1, -0.05) is 58.1 Å². The van der Waals surface area contributed by atoms with Crippen LogP contribution in [0.2, 0.25) is 0 Å². The summed E-state index contributed by atoms with van der Waals surface area (Å²) in [4.78, 5) is 4.78. The first-order valence-corrected chi connectivity index (χ1v) is 11.4. The molecule has 1 aromatic rings. The molecule has 3 unspecified atom stereocenters. The molecule has 0 aromatic heterocycles. The van der Waals surface area contributed by atoms with Crippen molar-refractivity contribution in [3.8, 4) is 5.75 Å². The lowest BCUT2D eigenvalue weighted by Gasteiger charge is -2.39. The number of alkyl halides is 3. The molecule has 0 saturated carbocycles. The molecule has 1 aliphatic heterocycles. The summed E-state index contributed by atoms with van der Waals surface area (Å²) in [5, 5.41) is 0. The van der Waals surface area contributed by atoms with Crippen molar-refractivity contribution in [2.24, 2.45) is 5.92 Å². The van der Waals surface area contributed by atoms with Crippen LogP contribution >= 0.6 is 0 Å². The Balaban J connectivity index is 2.15. The molecule has 1 aliphatic rings. The van der Waals surface area contributed by atoms with E-state index in [-0.39, 0.29) is 11.7 Å². The minimum atomic E-state index is -4.66. The quantitative estimate of drug-likeness (QED) is 0.385. The smallest absolute Gasteiger partial charge is 0.406 e. The van der Waals surface area contributed by atoms with Gasteiger partial charge < -0.3 is 14.5 Å². The van der Waals surface area contributed by atoms with Crippen molar-refractivity contribution >= 4 is 0 Å². The number of piperidine rings is 1. The summed E-state index contributed by atoms with van der Waals surface area (Å²) in [6, 6.07) is 7.17. The molecule has 30 heavy (non-hydrogen) atoms. The Morgan fingerprint density at radius 2 is 1.97 bits per heavy atom. The molecular weight excluding hydrogens is 389 g/mol. The van der Waals surface area contributed by atoms with Crippen molar-refractivity contribution in [1.29, 1.82) is 0 Å². The number of nitrogens with zero attached hydrogens (tertiary/aromatic N) is 2. The first kappa shape index (κ1) is 25.0. The second-order valence-electron chi connectivity index (χ2n) is 9.07. The Labute approximate surface area is 180 Å². The zero-order chi connectivity index (χ0) is 22.1. The van der Waals surface area contributed by atoms with Crippen LogP contribution in [0.5, 0.6) is 5.75 Å². The van der Waals surface area contributed by atoms with Crippen LogP contribution in [0, 0.1) is 5.92 Å². The van der Waals surface area contributed by atoms with Crippen LogP contribution in [0.4, 0.5) is 13.2 Å². The third-order valence-electron chi connectivity index (χ3n) is 6.39. The third-order valence-corrected chi connectivity index (χ3v) is 6.39. The van der Waals surface area contributed by atoms with Gasteiger partial charge in [0.1, 0.15) is 5.75 Å². The number of likely N-dealkylation sites (N-methyl/N-ethyl adjacent to an activating group) is 1. The highest BCUT2D eigenvalue weighted by atomic mass is 19.4. The van der Waals surface area contributed by atoms with Crippen molar-refractivity contribution in [2.45, 2.75) is 77.1 Å². The van der Waals surface area contributed by atoms with Crippen molar-refractivity contribution in [3.63, 3.8) is 0 Å². The van der Waals surface area contributed by atoms with Gasteiger partial charge >= 0.3 is 6.36 Å². The molecule has 1 aromatic carbocycles. The van der Waals surface area contributed by atoms with Crippen LogP contribution in [0.25, 0.3) is 0 Å². The summed E-state index contributed by atoms with van der Waals surface area (Å²) in [5.41, 5.74) is 0.951. The molecule has 0 N–H and O–H groups in total. The predicted octanol–water partition coefficient (Wildman–Crippen LogP) is 6.30. The minimum Gasteiger partial charge on any atom is -0.406 e. The highest BCUT2D eigenvalue weighted by Crippen LogP contribution is 2.34. The van der Waals surface area contributed by atoms with Gasteiger partial charge in [-0.2, -0.15) is 0 Å². The van der Waals surface area contributed by atoms with E-state index in [1.807, 2.05) is 6.07 Å². The van der Waals surface area contributed by atoms with Crippen molar-refractivity contribution in [1.82, 2.24) is 9.80 Å². The summed E-state index contributed by atoms with van der Waals surface area (Å²) in [6.07, 6.45) is 3.64. The molecule has 6 heteroatoms. The van der Waals surface area contributed by atoms with E-state index in [2.05, 4.69) is 42.5 Å². The van der Waals surface area contributed by atoms with Gasteiger partial charge in [0.2, 0.25) is 0 Å². The number of benzene rings is 1. The summed E-state index contributed by atoms with van der Waals surface area (Å²) < 4.78 is 42.4. The maximum Gasteiger partial charge on any atom is 0.573 e. The fraction of sp³-hybridized carbons (Fsp3) is 0.750. The second-order valence-corrected chi connectivity index (χ2v) is 9.07. The predicted molar refractivity (Wildman–Crippen MR) is 117 cm³/mol. The molecule has 1 fully saturated rings. The first-order valence-electron chi connectivity index (χ1n) is 11.4. The number of unbranched alkanes of at least 4 members (excludes halogenated alkanes) is 3. The summed E-state index contributed by atoms with van der Waals surface area (Å²) >= 11 is 0. The standard InChI is InChI=1S/C24H39F3N2O/c1-5-6-7-8-11-19(2)23(18-29-15-10-13-21(17-29)28(3)4)20-12-9-14-22(16-20)30-24(25,26)27/h9,12,14,16,19,21,23H,5-8,10-11,13,15,17-18H2,1-4H3. The molecular formula is C24H39F3N2O. The Hall–Kier alpha value is -1.27. The zero-order valence-electron chi connectivity index (χ0n) is 19.0. The maximum absolute atomic E-state index is 12.7. The summed E-state index contributed by atoms with van der Waals surface area (Å²) in [6.45, 7) is 7.42. The third kappa shape index (κ3) is 8.46. The summed E-state index contributed by atoms with van der Waals surface area (Å²) in [5.74, 6) is 0.486. The van der Waals surface area contributed by atoms with Gasteiger partial charge in [-0.25, -0.2) is 0 Å². The van der Waals surface area contributed by atoms with E-state index >= 15 is 0 Å². The normalized spacial score (nSPS) is 20.3. The van der Waals surface area contributed by atoms with Gasteiger partial charge in [-0.05, 0) is 63.0 Å². The number of rotatable bonds is 11. The summed E-state index contributed by atoms with van der Waals surface area (Å²) in [7, 11) is 4.25. The van der Waals surface area contributed by atoms with E-state index in [4.69, 9.17) is 0 Å². The highest BCUT2D eigenvalue weighted by Gasteiger charge is 2.32. The number of likely N-dealkylation sites (tertiary alicyclic amines) is 1. The monoisotopic (exact) mass is 428 g/mol. The van der Waals surface area contributed by atoms with E-state index in [1.54, 1.807) is 12.1 Å². The van der Waals surface area contributed by atoms with Crippen LogP contribution in [0.1, 0.15) is 70.3 Å². The van der Waals surface area contributed by atoms with Gasteiger partial charge in [0.15, 0.2) is 0 Å². The number of hydrogen-bond donors (Lipinski definition) is 0. The van der Waals surface area contributed by atoms with Crippen LogP contribution < -0.4 is 4.74 Å². The van der Waals surface area contributed by atoms with Crippen molar-refractivity contribution in [2.75, 3.05) is 33.7 Å². The molecule has 1 saturated heterocycles. The number of halogens is 3. The van der Waals surface area contributed by atoms with Crippen LogP contribution in [0.15, 0.2) is 24.3 Å². The molecule has 0 aliphatic carbocycles. The van der Waals surface area contributed by atoms with Gasteiger partial charge in [0.05, 0.1) is 0 Å². The largest absolute Gasteiger partial charge is 0.573 e. The van der Waals surface area contributed by atoms with Crippen molar-refractivity contribution < 1.29 is 17.9 Å². The average molecular weight is 429 g/mol. The highest BCUT2D eigenvalue weighted by molar-refractivity contribution is 5.31. The van der Waals surface area contributed by atoms with Gasteiger partial charge in [0.25, 0.3) is 0 Å². The Kier molecular flexibility index (Phi) is 9.95. The van der Waals surface area contributed by atoms with E-state index < -0.39 is 6.36 Å². The molecule has 172 valence electrons. The van der Waals surface area contributed by atoms with Gasteiger partial charge in [-0.3, -0.25) is 0 Å². The fourth-order valence-electron chi connectivity index (χ4n) is 4.55. The molecule has 1 heterocycles. The van der Waals surface area contributed by atoms with Crippen LogP contribution in [-0.2, 0) is 0 Å². The minimum absolute atomic E-state index is 0.118. The van der Waals surface area contributed by atoms with E-state index in [1.165, 1.54) is 38.2 Å². The number of ether oxygens (including phenoxy) is 1. The van der Waals surface area contributed by atoms with E-state index in [0.717, 1.165) is 38.0 Å². The average Bonchev–Trinajstić information content (AvgIpc) is 2.68. The topological polar surface area (TPSA) is 15.7 Å². The molecule has 3 atom stereocenters. The maximum atomic E-state index is 12.7. The van der Waals surface area contributed by atoms with Crippen LogP contribution in [0.3, 0.4) is 0 Å².